The normalized spacial score (nSPS) is 16.3. The molecule has 0 saturated heterocycles. The van der Waals surface area contributed by atoms with Crippen LogP contribution in [0, 0.1) is 12.7 Å². The second kappa shape index (κ2) is 3.91. The molecule has 0 bridgehead atoms. The van der Waals surface area contributed by atoms with Gasteiger partial charge in [0.2, 0.25) is 0 Å². The number of hydrogen-bond donors (Lipinski definition) is 2. The molecule has 3 rings (SSSR count). The van der Waals surface area contributed by atoms with Crippen molar-refractivity contribution in [3.63, 3.8) is 0 Å². The van der Waals surface area contributed by atoms with Crippen LogP contribution in [0.3, 0.4) is 0 Å². The molecule has 0 atom stereocenters. The number of carboxylic acids is 1. The van der Waals surface area contributed by atoms with Gasteiger partial charge < -0.3 is 10.1 Å². The number of imidazole rings is 1. The smallest absolute Gasteiger partial charge is 0.317 e. The number of aromatic nitrogens is 2. The van der Waals surface area contributed by atoms with Crippen LogP contribution in [-0.4, -0.2) is 21.0 Å². The van der Waals surface area contributed by atoms with Gasteiger partial charge >= 0.3 is 5.97 Å². The molecule has 2 aromatic rings. The van der Waals surface area contributed by atoms with Crippen LogP contribution in [0.1, 0.15) is 24.4 Å². The maximum absolute atomic E-state index is 13.2. The molecule has 1 fully saturated rings. The molecule has 1 heterocycles. The highest BCUT2D eigenvalue weighted by Crippen LogP contribution is 2.47. The van der Waals surface area contributed by atoms with Crippen molar-refractivity contribution in [2.24, 2.45) is 0 Å². The van der Waals surface area contributed by atoms with E-state index in [4.69, 9.17) is 0 Å². The Labute approximate surface area is 109 Å². The lowest BCUT2D eigenvalue weighted by Gasteiger charge is -2.04. The minimum absolute atomic E-state index is 0.333. The summed E-state index contributed by atoms with van der Waals surface area (Å²) in [5.41, 5.74) is 1.16. The topological polar surface area (TPSA) is 66.0 Å². The standard InChI is InChI=1S/C14H13FN2O2/c1-8-11(9-3-2-4-10(15)7-9)17-12(16-8)14(5-6-14)13(18)19/h2-4,7H,5-6H2,1H3,(H,16,17)(H,18,19). The Hall–Kier alpha value is -2.17. The summed E-state index contributed by atoms with van der Waals surface area (Å²) in [6.07, 6.45) is 1.19. The van der Waals surface area contributed by atoms with Crippen LogP contribution in [-0.2, 0) is 10.2 Å². The van der Waals surface area contributed by atoms with Gasteiger partial charge in [-0.3, -0.25) is 4.79 Å². The Morgan fingerprint density at radius 1 is 1.47 bits per heavy atom. The Kier molecular flexibility index (Phi) is 2.45. The SMILES string of the molecule is Cc1[nH]c(C2(C(=O)O)CC2)nc1-c1cccc(F)c1. The number of benzene rings is 1. The van der Waals surface area contributed by atoms with Gasteiger partial charge in [0.15, 0.2) is 0 Å². The van der Waals surface area contributed by atoms with Crippen LogP contribution in [0.2, 0.25) is 0 Å². The lowest BCUT2D eigenvalue weighted by Crippen LogP contribution is -2.21. The number of aliphatic carboxylic acids is 1. The number of hydrogen-bond acceptors (Lipinski definition) is 2. The highest BCUT2D eigenvalue weighted by atomic mass is 19.1. The van der Waals surface area contributed by atoms with Crippen molar-refractivity contribution in [1.82, 2.24) is 9.97 Å². The summed E-state index contributed by atoms with van der Waals surface area (Å²) in [5.74, 6) is -0.718. The van der Waals surface area contributed by atoms with Crippen LogP contribution >= 0.6 is 0 Å². The molecule has 98 valence electrons. The predicted octanol–water partition coefficient (Wildman–Crippen LogP) is 2.64. The zero-order valence-corrected chi connectivity index (χ0v) is 10.4. The van der Waals surface area contributed by atoms with Gasteiger partial charge in [-0.2, -0.15) is 0 Å². The number of nitrogens with zero attached hydrogens (tertiary/aromatic N) is 1. The number of carbonyl (C=O) groups is 1. The summed E-state index contributed by atoms with van der Waals surface area (Å²) in [5, 5.41) is 9.25. The first-order valence-corrected chi connectivity index (χ1v) is 6.09. The quantitative estimate of drug-likeness (QED) is 0.891. The van der Waals surface area contributed by atoms with Crippen LogP contribution < -0.4 is 0 Å². The third-order valence-corrected chi connectivity index (χ3v) is 3.60. The first-order valence-electron chi connectivity index (χ1n) is 6.09. The average molecular weight is 260 g/mol. The van der Waals surface area contributed by atoms with Crippen LogP contribution in [0.4, 0.5) is 4.39 Å². The Balaban J connectivity index is 2.06. The molecule has 0 aliphatic heterocycles. The number of H-pyrrole nitrogens is 1. The van der Waals surface area contributed by atoms with E-state index in [1.807, 2.05) is 6.92 Å². The van der Waals surface area contributed by atoms with Crippen molar-refractivity contribution in [1.29, 1.82) is 0 Å². The molecular weight excluding hydrogens is 247 g/mol. The zero-order valence-electron chi connectivity index (χ0n) is 10.4. The molecule has 1 aliphatic carbocycles. The highest BCUT2D eigenvalue weighted by Gasteiger charge is 2.54. The molecule has 1 aromatic heterocycles. The maximum Gasteiger partial charge on any atom is 0.317 e. The number of halogens is 1. The summed E-state index contributed by atoms with van der Waals surface area (Å²) < 4.78 is 13.2. The number of nitrogens with one attached hydrogen (secondary N) is 1. The molecule has 1 saturated carbocycles. The number of aromatic amines is 1. The van der Waals surface area contributed by atoms with Gasteiger partial charge in [0, 0.05) is 11.3 Å². The van der Waals surface area contributed by atoms with E-state index >= 15 is 0 Å². The van der Waals surface area contributed by atoms with Crippen molar-refractivity contribution in [3.05, 3.63) is 41.6 Å². The van der Waals surface area contributed by atoms with E-state index in [9.17, 15) is 14.3 Å². The summed E-state index contributed by atoms with van der Waals surface area (Å²) in [6.45, 7) is 1.81. The molecule has 19 heavy (non-hydrogen) atoms. The molecule has 0 spiro atoms. The van der Waals surface area contributed by atoms with Crippen LogP contribution in [0.5, 0.6) is 0 Å². The summed E-state index contributed by atoms with van der Waals surface area (Å²) >= 11 is 0. The first kappa shape index (κ1) is 11.9. The van der Waals surface area contributed by atoms with E-state index in [0.717, 1.165) is 5.69 Å². The van der Waals surface area contributed by atoms with Gasteiger partial charge in [-0.05, 0) is 31.9 Å². The van der Waals surface area contributed by atoms with Crippen molar-refractivity contribution in [2.75, 3.05) is 0 Å². The fraction of sp³-hybridized carbons (Fsp3) is 0.286. The highest BCUT2D eigenvalue weighted by molar-refractivity contribution is 5.84. The van der Waals surface area contributed by atoms with Gasteiger partial charge in [0.05, 0.1) is 5.69 Å². The van der Waals surface area contributed by atoms with Crippen molar-refractivity contribution in [2.45, 2.75) is 25.2 Å². The zero-order chi connectivity index (χ0) is 13.6. The van der Waals surface area contributed by atoms with Gasteiger partial charge in [-0.1, -0.05) is 12.1 Å². The number of aryl methyl sites for hydroxylation is 1. The second-order valence-corrected chi connectivity index (χ2v) is 4.96. The molecule has 2 N–H and O–H groups in total. The largest absolute Gasteiger partial charge is 0.480 e. The summed E-state index contributed by atoms with van der Waals surface area (Å²) in [7, 11) is 0. The van der Waals surface area contributed by atoms with E-state index in [2.05, 4.69) is 9.97 Å². The Bertz CT molecular complexity index is 659. The second-order valence-electron chi connectivity index (χ2n) is 4.96. The van der Waals surface area contributed by atoms with Gasteiger partial charge in [-0.25, -0.2) is 9.37 Å². The summed E-state index contributed by atoms with van der Waals surface area (Å²) in [4.78, 5) is 18.7. The molecule has 1 aromatic carbocycles. The Morgan fingerprint density at radius 3 is 2.79 bits per heavy atom. The van der Waals surface area contributed by atoms with E-state index in [1.54, 1.807) is 12.1 Å². The van der Waals surface area contributed by atoms with Crippen LogP contribution in [0.25, 0.3) is 11.3 Å². The van der Waals surface area contributed by atoms with Crippen molar-refractivity contribution < 1.29 is 14.3 Å². The molecule has 0 amide bonds. The van der Waals surface area contributed by atoms with Crippen molar-refractivity contribution in [3.8, 4) is 11.3 Å². The molecule has 1 aliphatic rings. The van der Waals surface area contributed by atoms with E-state index in [1.165, 1.54) is 12.1 Å². The monoisotopic (exact) mass is 260 g/mol. The lowest BCUT2D eigenvalue weighted by atomic mass is 10.1. The van der Waals surface area contributed by atoms with Gasteiger partial charge in [-0.15, -0.1) is 0 Å². The Morgan fingerprint density at radius 2 is 2.21 bits per heavy atom. The van der Waals surface area contributed by atoms with Crippen molar-refractivity contribution >= 4 is 5.97 Å². The minimum Gasteiger partial charge on any atom is -0.480 e. The number of carboxylic acid groups (broad SMARTS) is 1. The third kappa shape index (κ3) is 1.82. The first-order chi connectivity index (χ1) is 9.03. The van der Waals surface area contributed by atoms with E-state index in [0.29, 0.717) is 29.9 Å². The molecular formula is C14H13FN2O2. The van der Waals surface area contributed by atoms with E-state index < -0.39 is 11.4 Å². The molecule has 0 radical (unpaired) electrons. The fourth-order valence-corrected chi connectivity index (χ4v) is 2.28. The van der Waals surface area contributed by atoms with Gasteiger partial charge in [0.25, 0.3) is 0 Å². The summed E-state index contributed by atoms with van der Waals surface area (Å²) in [6, 6.07) is 6.14. The predicted molar refractivity (Wildman–Crippen MR) is 67.3 cm³/mol. The lowest BCUT2D eigenvalue weighted by molar-refractivity contribution is -0.140. The minimum atomic E-state index is -0.865. The van der Waals surface area contributed by atoms with Crippen LogP contribution in [0.15, 0.2) is 24.3 Å². The third-order valence-electron chi connectivity index (χ3n) is 3.60. The average Bonchev–Trinajstić information content (AvgIpc) is 3.08. The maximum atomic E-state index is 13.2. The number of rotatable bonds is 3. The van der Waals surface area contributed by atoms with E-state index in [-0.39, 0.29) is 5.82 Å². The molecule has 5 heteroatoms. The molecule has 0 unspecified atom stereocenters. The molecule has 4 nitrogen and oxygen atoms in total. The fourth-order valence-electron chi connectivity index (χ4n) is 2.28. The van der Waals surface area contributed by atoms with Gasteiger partial charge in [0.1, 0.15) is 17.1 Å².